The Morgan fingerprint density at radius 3 is 2.29 bits per heavy atom. The van der Waals surface area contributed by atoms with Crippen molar-refractivity contribution in [1.82, 2.24) is 4.31 Å². The molecule has 1 aromatic rings. The zero-order chi connectivity index (χ0) is 16.2. The van der Waals surface area contributed by atoms with Crippen molar-refractivity contribution in [1.29, 1.82) is 0 Å². The third-order valence-electron chi connectivity index (χ3n) is 2.50. The Kier molecular flexibility index (Phi) is 5.55. The van der Waals surface area contributed by atoms with Crippen molar-refractivity contribution in [3.63, 3.8) is 0 Å². The minimum Gasteiger partial charge on any atom is -0.469 e. The van der Waals surface area contributed by atoms with Crippen molar-refractivity contribution in [2.24, 2.45) is 0 Å². The summed E-state index contributed by atoms with van der Waals surface area (Å²) in [5.41, 5.74) is -0.476. The molecule has 6 nitrogen and oxygen atoms in total. The highest BCUT2D eigenvalue weighted by atomic mass is 32.2. The number of esters is 1. The average Bonchev–Trinajstić information content (AvgIpc) is 2.40. The van der Waals surface area contributed by atoms with Gasteiger partial charge < -0.3 is 4.74 Å². The number of hydrogen-bond donors (Lipinski definition) is 1. The van der Waals surface area contributed by atoms with Crippen LogP contribution in [-0.2, 0) is 19.7 Å². The molecule has 1 N–H and O–H groups in total. The highest BCUT2D eigenvalue weighted by molar-refractivity contribution is 7.90. The lowest BCUT2D eigenvalue weighted by Gasteiger charge is -2.17. The van der Waals surface area contributed by atoms with E-state index in [0.717, 1.165) is 18.5 Å². The van der Waals surface area contributed by atoms with Gasteiger partial charge in [0.05, 0.1) is 19.2 Å². The van der Waals surface area contributed by atoms with Gasteiger partial charge in [-0.15, -0.1) is 0 Å². The largest absolute Gasteiger partial charge is 0.469 e. The van der Waals surface area contributed by atoms with E-state index in [9.17, 15) is 26.4 Å². The maximum absolute atomic E-state index is 13.0. The first-order valence-corrected chi connectivity index (χ1v) is 7.07. The van der Waals surface area contributed by atoms with Crippen LogP contribution in [0.25, 0.3) is 0 Å². The molecule has 0 amide bonds. The molecule has 0 saturated heterocycles. The number of hydrogen-bond acceptors (Lipinski definition) is 4. The molecular formula is C11H13F3N2O4S. The van der Waals surface area contributed by atoms with Gasteiger partial charge in [-0.3, -0.25) is 9.52 Å². The lowest BCUT2D eigenvalue weighted by molar-refractivity contribution is -0.140. The van der Waals surface area contributed by atoms with E-state index in [0.29, 0.717) is 12.1 Å². The van der Waals surface area contributed by atoms with Crippen molar-refractivity contribution in [3.05, 3.63) is 29.6 Å². The van der Waals surface area contributed by atoms with E-state index >= 15 is 0 Å². The number of carbonyl (C=O) groups is 1. The molecule has 21 heavy (non-hydrogen) atoms. The van der Waals surface area contributed by atoms with Crippen LogP contribution < -0.4 is 4.72 Å². The predicted molar refractivity (Wildman–Crippen MR) is 68.1 cm³/mol. The van der Waals surface area contributed by atoms with Crippen LogP contribution >= 0.6 is 0 Å². The third-order valence-corrected chi connectivity index (χ3v) is 4.00. The number of nitrogens with zero attached hydrogens (tertiary/aromatic N) is 1. The second-order valence-corrected chi connectivity index (χ2v) is 5.79. The zero-order valence-corrected chi connectivity index (χ0v) is 12.0. The summed E-state index contributed by atoms with van der Waals surface area (Å²) in [5, 5.41) is 0. The number of rotatable bonds is 6. The second kappa shape index (κ2) is 6.76. The number of nitrogens with one attached hydrogen (secondary N) is 1. The van der Waals surface area contributed by atoms with E-state index in [1.54, 1.807) is 0 Å². The third kappa shape index (κ3) is 4.60. The lowest BCUT2D eigenvalue weighted by Crippen LogP contribution is -2.34. The van der Waals surface area contributed by atoms with Crippen LogP contribution in [0.5, 0.6) is 0 Å². The summed E-state index contributed by atoms with van der Waals surface area (Å²) in [6, 6.07) is 1.01. The topological polar surface area (TPSA) is 75.7 Å². The smallest absolute Gasteiger partial charge is 0.306 e. The Bertz CT molecular complexity index is 613. The molecule has 0 heterocycles. The molecule has 0 aliphatic rings. The fourth-order valence-electron chi connectivity index (χ4n) is 1.31. The molecule has 0 aromatic heterocycles. The van der Waals surface area contributed by atoms with Gasteiger partial charge in [0, 0.05) is 25.7 Å². The van der Waals surface area contributed by atoms with Gasteiger partial charge in [-0.2, -0.15) is 12.7 Å². The number of ether oxygens (including phenoxy) is 1. The maximum atomic E-state index is 13.0. The normalized spacial score (nSPS) is 11.5. The van der Waals surface area contributed by atoms with Crippen LogP contribution in [0.15, 0.2) is 12.1 Å². The Hall–Kier alpha value is -1.81. The summed E-state index contributed by atoms with van der Waals surface area (Å²) >= 11 is 0. The van der Waals surface area contributed by atoms with Crippen molar-refractivity contribution in [3.8, 4) is 0 Å². The Morgan fingerprint density at radius 2 is 1.81 bits per heavy atom. The standard InChI is InChI=1S/C11H13F3N2O4S/c1-16(4-3-10(17)20-2)21(18,19)15-7-5-8(12)11(14)9(13)6-7/h5-6,15H,3-4H2,1-2H3. The van der Waals surface area contributed by atoms with E-state index < -0.39 is 39.3 Å². The van der Waals surface area contributed by atoms with E-state index in [2.05, 4.69) is 4.74 Å². The van der Waals surface area contributed by atoms with E-state index in [4.69, 9.17) is 0 Å². The zero-order valence-electron chi connectivity index (χ0n) is 11.2. The minimum atomic E-state index is -4.14. The van der Waals surface area contributed by atoms with Gasteiger partial charge in [-0.1, -0.05) is 0 Å². The highest BCUT2D eigenvalue weighted by Crippen LogP contribution is 2.19. The van der Waals surface area contributed by atoms with Gasteiger partial charge in [-0.05, 0) is 0 Å². The van der Waals surface area contributed by atoms with Crippen LogP contribution in [0.4, 0.5) is 18.9 Å². The van der Waals surface area contributed by atoms with Crippen molar-refractivity contribution in [2.75, 3.05) is 25.4 Å². The second-order valence-electron chi connectivity index (χ2n) is 4.01. The van der Waals surface area contributed by atoms with Gasteiger partial charge in [0.2, 0.25) is 0 Å². The van der Waals surface area contributed by atoms with Crippen LogP contribution in [0.1, 0.15) is 6.42 Å². The van der Waals surface area contributed by atoms with Crippen LogP contribution in [0.2, 0.25) is 0 Å². The summed E-state index contributed by atoms with van der Waals surface area (Å²) in [5.74, 6) is -5.36. The summed E-state index contributed by atoms with van der Waals surface area (Å²) in [7, 11) is -1.84. The van der Waals surface area contributed by atoms with Crippen molar-refractivity contribution < 1.29 is 31.1 Å². The molecule has 118 valence electrons. The van der Waals surface area contributed by atoms with Crippen LogP contribution in [-0.4, -0.2) is 39.4 Å². The fraction of sp³-hybridized carbons (Fsp3) is 0.364. The summed E-state index contributed by atoms with van der Waals surface area (Å²) in [4.78, 5) is 10.9. The molecule has 1 rings (SSSR count). The molecular weight excluding hydrogens is 313 g/mol. The first-order chi connectivity index (χ1) is 9.67. The minimum absolute atomic E-state index is 0.194. The number of carbonyl (C=O) groups excluding carboxylic acids is 1. The Balaban J connectivity index is 2.83. The highest BCUT2D eigenvalue weighted by Gasteiger charge is 2.20. The van der Waals surface area contributed by atoms with Crippen molar-refractivity contribution >= 4 is 21.9 Å². The molecule has 0 fully saturated rings. The maximum Gasteiger partial charge on any atom is 0.306 e. The van der Waals surface area contributed by atoms with Crippen LogP contribution in [0, 0.1) is 17.5 Å². The number of methoxy groups -OCH3 is 1. The van der Waals surface area contributed by atoms with Gasteiger partial charge in [0.1, 0.15) is 0 Å². The van der Waals surface area contributed by atoms with Crippen LogP contribution in [0.3, 0.4) is 0 Å². The Labute approximate surface area is 119 Å². The summed E-state index contributed by atoms with van der Waals surface area (Å²) < 4.78 is 69.4. The lowest BCUT2D eigenvalue weighted by atomic mass is 10.3. The molecule has 0 bridgehead atoms. The molecule has 0 aliphatic carbocycles. The van der Waals surface area contributed by atoms with Gasteiger partial charge in [0.15, 0.2) is 17.5 Å². The van der Waals surface area contributed by atoms with Gasteiger partial charge in [-0.25, -0.2) is 13.2 Å². The molecule has 0 radical (unpaired) electrons. The number of anilines is 1. The molecule has 0 aliphatic heterocycles. The molecule has 10 heteroatoms. The molecule has 0 spiro atoms. The summed E-state index contributed by atoms with van der Waals surface area (Å²) in [6.07, 6.45) is -0.194. The van der Waals surface area contributed by atoms with E-state index in [-0.39, 0.29) is 13.0 Å². The predicted octanol–water partition coefficient (Wildman–Crippen LogP) is 1.26. The Morgan fingerprint density at radius 1 is 1.29 bits per heavy atom. The molecule has 0 unspecified atom stereocenters. The molecule has 0 atom stereocenters. The molecule has 1 aromatic carbocycles. The van der Waals surface area contributed by atoms with Gasteiger partial charge in [0.25, 0.3) is 0 Å². The quantitative estimate of drug-likeness (QED) is 0.631. The average molecular weight is 326 g/mol. The number of halogens is 3. The SMILES string of the molecule is COC(=O)CCN(C)S(=O)(=O)Nc1cc(F)c(F)c(F)c1. The monoisotopic (exact) mass is 326 g/mol. The van der Waals surface area contributed by atoms with Crippen molar-refractivity contribution in [2.45, 2.75) is 6.42 Å². The first kappa shape index (κ1) is 17.2. The fourth-order valence-corrected chi connectivity index (χ4v) is 2.22. The van der Waals surface area contributed by atoms with Gasteiger partial charge >= 0.3 is 16.2 Å². The summed E-state index contributed by atoms with van der Waals surface area (Å²) in [6.45, 7) is -0.200. The van der Waals surface area contributed by atoms with E-state index in [1.165, 1.54) is 0 Å². The first-order valence-electron chi connectivity index (χ1n) is 5.63. The molecule has 0 saturated carbocycles. The number of benzene rings is 1. The van der Waals surface area contributed by atoms with E-state index in [1.807, 2.05) is 4.72 Å².